The van der Waals surface area contributed by atoms with E-state index in [1.54, 1.807) is 0 Å². The number of amides is 1. The Hall–Kier alpha value is -2.50. The fraction of sp³-hybridized carbons (Fsp3) is 0.412. The Morgan fingerprint density at radius 2 is 2.04 bits per heavy atom. The molecule has 0 bridgehead atoms. The molecular formula is C17H19N5O. The Bertz CT molecular complexity index is 792. The van der Waals surface area contributed by atoms with Gasteiger partial charge in [-0.25, -0.2) is 15.0 Å². The van der Waals surface area contributed by atoms with E-state index in [0.717, 1.165) is 29.6 Å². The van der Waals surface area contributed by atoms with Crippen molar-refractivity contribution in [1.82, 2.24) is 15.0 Å². The van der Waals surface area contributed by atoms with Crippen molar-refractivity contribution in [3.8, 4) is 0 Å². The van der Waals surface area contributed by atoms with Crippen LogP contribution < -0.4 is 10.2 Å². The van der Waals surface area contributed by atoms with Crippen molar-refractivity contribution in [3.05, 3.63) is 35.4 Å². The molecule has 6 nitrogen and oxygen atoms in total. The molecule has 1 aliphatic carbocycles. The predicted octanol–water partition coefficient (Wildman–Crippen LogP) is 2.63. The molecule has 1 saturated carbocycles. The molecular weight excluding hydrogens is 290 g/mol. The zero-order chi connectivity index (χ0) is 16.2. The number of nitrogens with one attached hydrogen (secondary N) is 1. The van der Waals surface area contributed by atoms with Gasteiger partial charge in [-0.1, -0.05) is 0 Å². The highest BCUT2D eigenvalue weighted by atomic mass is 16.1. The molecule has 0 radical (unpaired) electrons. The van der Waals surface area contributed by atoms with Crippen LogP contribution in [0, 0.1) is 13.8 Å². The quantitative estimate of drug-likeness (QED) is 0.923. The number of aromatic nitrogens is 3. The normalized spacial score (nSPS) is 17.3. The van der Waals surface area contributed by atoms with Crippen molar-refractivity contribution in [2.75, 3.05) is 16.8 Å². The molecule has 1 amide bonds. The van der Waals surface area contributed by atoms with Gasteiger partial charge in [-0.3, -0.25) is 4.79 Å². The van der Waals surface area contributed by atoms with Gasteiger partial charge in [-0.05, 0) is 26.7 Å². The van der Waals surface area contributed by atoms with Gasteiger partial charge >= 0.3 is 0 Å². The van der Waals surface area contributed by atoms with Gasteiger partial charge in [0.05, 0.1) is 5.69 Å². The maximum Gasteiger partial charge on any atom is 0.222 e. The van der Waals surface area contributed by atoms with Crippen LogP contribution in [-0.4, -0.2) is 27.4 Å². The smallest absolute Gasteiger partial charge is 0.222 e. The van der Waals surface area contributed by atoms with E-state index in [9.17, 15) is 4.79 Å². The van der Waals surface area contributed by atoms with Gasteiger partial charge in [0.25, 0.3) is 0 Å². The second-order valence-electron chi connectivity index (χ2n) is 6.55. The Labute approximate surface area is 135 Å². The first kappa shape index (κ1) is 14.1. The zero-order valence-corrected chi connectivity index (χ0v) is 13.6. The summed E-state index contributed by atoms with van der Waals surface area (Å²) < 4.78 is 0. The minimum atomic E-state index is -0.114. The van der Waals surface area contributed by atoms with E-state index in [1.165, 1.54) is 25.3 Å². The minimum Gasteiger partial charge on any atom is -0.325 e. The van der Waals surface area contributed by atoms with E-state index in [1.807, 2.05) is 32.2 Å². The Kier molecular flexibility index (Phi) is 2.91. The lowest BCUT2D eigenvalue weighted by atomic mass is 10.0. The number of pyridine rings is 1. The fourth-order valence-corrected chi connectivity index (χ4v) is 3.42. The first-order valence-corrected chi connectivity index (χ1v) is 7.85. The monoisotopic (exact) mass is 309 g/mol. The molecule has 23 heavy (non-hydrogen) atoms. The predicted molar refractivity (Wildman–Crippen MR) is 88.0 cm³/mol. The Morgan fingerprint density at radius 3 is 2.70 bits per heavy atom. The number of aryl methyl sites for hydroxylation is 2. The maximum absolute atomic E-state index is 11.3. The summed E-state index contributed by atoms with van der Waals surface area (Å²) in [6.07, 6.45) is 4.27. The number of nitrogens with zero attached hydrogens (tertiary/aromatic N) is 4. The van der Waals surface area contributed by atoms with Crippen molar-refractivity contribution in [2.24, 2.45) is 0 Å². The summed E-state index contributed by atoms with van der Waals surface area (Å²) in [7, 11) is 0. The van der Waals surface area contributed by atoms with Gasteiger partial charge in [-0.15, -0.1) is 0 Å². The second-order valence-corrected chi connectivity index (χ2v) is 6.55. The van der Waals surface area contributed by atoms with Crippen LogP contribution in [0.1, 0.15) is 36.8 Å². The number of hydrogen-bond donors (Lipinski definition) is 1. The van der Waals surface area contributed by atoms with Gasteiger partial charge in [-0.2, -0.15) is 0 Å². The molecule has 3 heterocycles. The van der Waals surface area contributed by atoms with Crippen LogP contribution in [-0.2, 0) is 10.2 Å². The standard InChI is InChI=1S/C17H19N5O/c1-10-6-16(20-11(2)19-10)22-9-17(4-5-17)13-8-18-15(7-14(13)22)21-12(3)23/h6-8H,4-5,9H2,1-3H3,(H,18,21,23). The van der Waals surface area contributed by atoms with E-state index < -0.39 is 0 Å². The number of carbonyl (C=O) groups is 1. The van der Waals surface area contributed by atoms with E-state index in [-0.39, 0.29) is 11.3 Å². The Morgan fingerprint density at radius 1 is 1.26 bits per heavy atom. The highest BCUT2D eigenvalue weighted by Crippen LogP contribution is 2.57. The molecule has 2 aliphatic rings. The van der Waals surface area contributed by atoms with E-state index >= 15 is 0 Å². The highest BCUT2D eigenvalue weighted by molar-refractivity contribution is 5.89. The molecule has 1 fully saturated rings. The summed E-state index contributed by atoms with van der Waals surface area (Å²) >= 11 is 0. The number of hydrogen-bond acceptors (Lipinski definition) is 5. The average Bonchev–Trinajstić information content (AvgIpc) is 3.16. The topological polar surface area (TPSA) is 71.0 Å². The van der Waals surface area contributed by atoms with Crippen molar-refractivity contribution in [2.45, 2.75) is 39.0 Å². The van der Waals surface area contributed by atoms with E-state index in [2.05, 4.69) is 25.2 Å². The minimum absolute atomic E-state index is 0.114. The van der Waals surface area contributed by atoms with Gasteiger partial charge in [0, 0.05) is 48.5 Å². The molecule has 1 spiro atoms. The third-order valence-corrected chi connectivity index (χ3v) is 4.59. The lowest BCUT2D eigenvalue weighted by Gasteiger charge is -2.20. The lowest BCUT2D eigenvalue weighted by molar-refractivity contribution is -0.114. The molecule has 0 unspecified atom stereocenters. The maximum atomic E-state index is 11.3. The summed E-state index contributed by atoms with van der Waals surface area (Å²) in [5, 5.41) is 2.77. The summed E-state index contributed by atoms with van der Waals surface area (Å²) in [4.78, 5) is 26.9. The number of anilines is 3. The molecule has 1 N–H and O–H groups in total. The third kappa shape index (κ3) is 2.34. The zero-order valence-electron chi connectivity index (χ0n) is 13.6. The molecule has 0 atom stereocenters. The van der Waals surface area contributed by atoms with Crippen LogP contribution in [0.25, 0.3) is 0 Å². The number of carbonyl (C=O) groups excluding carboxylic acids is 1. The fourth-order valence-electron chi connectivity index (χ4n) is 3.42. The van der Waals surface area contributed by atoms with Crippen LogP contribution in [0.2, 0.25) is 0 Å². The molecule has 2 aromatic heterocycles. The second kappa shape index (κ2) is 4.75. The van der Waals surface area contributed by atoms with E-state index in [0.29, 0.717) is 5.82 Å². The van der Waals surface area contributed by atoms with Gasteiger partial charge < -0.3 is 10.2 Å². The largest absolute Gasteiger partial charge is 0.325 e. The molecule has 4 rings (SSSR count). The van der Waals surface area contributed by atoms with Gasteiger partial charge in [0.1, 0.15) is 17.5 Å². The number of fused-ring (bicyclic) bond motifs is 2. The first-order valence-electron chi connectivity index (χ1n) is 7.85. The molecule has 118 valence electrons. The summed E-state index contributed by atoms with van der Waals surface area (Å²) in [6, 6.07) is 3.97. The third-order valence-electron chi connectivity index (χ3n) is 4.59. The van der Waals surface area contributed by atoms with Gasteiger partial charge in [0.15, 0.2) is 0 Å². The molecule has 1 aliphatic heterocycles. The summed E-state index contributed by atoms with van der Waals surface area (Å²) in [5.74, 6) is 2.16. The highest BCUT2D eigenvalue weighted by Gasteiger charge is 2.52. The summed E-state index contributed by atoms with van der Waals surface area (Å²) in [5.41, 5.74) is 3.53. The Balaban J connectivity index is 1.80. The lowest BCUT2D eigenvalue weighted by Crippen LogP contribution is -2.20. The average molecular weight is 309 g/mol. The molecule has 2 aromatic rings. The molecule has 6 heteroatoms. The van der Waals surface area contributed by atoms with Crippen LogP contribution in [0.3, 0.4) is 0 Å². The van der Waals surface area contributed by atoms with Crippen LogP contribution in [0.5, 0.6) is 0 Å². The molecule has 0 aromatic carbocycles. The van der Waals surface area contributed by atoms with Crippen LogP contribution >= 0.6 is 0 Å². The SMILES string of the molecule is CC(=O)Nc1cc2c(cn1)C1(CC1)CN2c1cc(C)nc(C)n1. The van der Waals surface area contributed by atoms with Crippen molar-refractivity contribution in [1.29, 1.82) is 0 Å². The van der Waals surface area contributed by atoms with Crippen LogP contribution in [0.4, 0.5) is 17.3 Å². The van der Waals surface area contributed by atoms with E-state index in [4.69, 9.17) is 0 Å². The first-order chi connectivity index (χ1) is 11.0. The molecule has 0 saturated heterocycles. The van der Waals surface area contributed by atoms with Crippen molar-refractivity contribution >= 4 is 23.2 Å². The van der Waals surface area contributed by atoms with Crippen molar-refractivity contribution in [3.63, 3.8) is 0 Å². The summed E-state index contributed by atoms with van der Waals surface area (Å²) in [6.45, 7) is 6.31. The van der Waals surface area contributed by atoms with Crippen molar-refractivity contribution < 1.29 is 4.79 Å². The number of rotatable bonds is 2. The van der Waals surface area contributed by atoms with Gasteiger partial charge in [0.2, 0.25) is 5.91 Å². The van der Waals surface area contributed by atoms with Crippen LogP contribution in [0.15, 0.2) is 18.3 Å².